The van der Waals surface area contributed by atoms with Gasteiger partial charge < -0.3 is 4.90 Å². The summed E-state index contributed by atoms with van der Waals surface area (Å²) in [7, 11) is 0. The molecule has 1 fully saturated rings. The maximum Gasteiger partial charge on any atom is 0.225 e. The Morgan fingerprint density at radius 3 is 2.59 bits per heavy atom. The van der Waals surface area contributed by atoms with Crippen LogP contribution in [0.3, 0.4) is 0 Å². The zero-order chi connectivity index (χ0) is 15.2. The van der Waals surface area contributed by atoms with E-state index in [0.717, 1.165) is 51.5 Å². The maximum absolute atomic E-state index is 4.51. The predicted octanol–water partition coefficient (Wildman–Crippen LogP) is 2.15. The summed E-state index contributed by atoms with van der Waals surface area (Å²) in [5.41, 5.74) is 2.47. The van der Waals surface area contributed by atoms with E-state index in [-0.39, 0.29) is 0 Å². The van der Waals surface area contributed by atoms with Crippen LogP contribution in [0.2, 0.25) is 0 Å². The second kappa shape index (κ2) is 7.31. The molecule has 0 amide bonds. The molecule has 2 aromatic heterocycles. The van der Waals surface area contributed by atoms with E-state index in [9.17, 15) is 0 Å². The lowest BCUT2D eigenvalue weighted by Crippen LogP contribution is -2.31. The Labute approximate surface area is 132 Å². The van der Waals surface area contributed by atoms with Crippen LogP contribution in [0, 0.1) is 0 Å². The van der Waals surface area contributed by atoms with Crippen molar-refractivity contribution in [1.82, 2.24) is 19.9 Å². The van der Waals surface area contributed by atoms with Gasteiger partial charge >= 0.3 is 0 Å². The van der Waals surface area contributed by atoms with Gasteiger partial charge in [0.2, 0.25) is 5.95 Å². The molecule has 5 nitrogen and oxygen atoms in total. The minimum absolute atomic E-state index is 0.862. The van der Waals surface area contributed by atoms with Gasteiger partial charge in [-0.15, -0.1) is 0 Å². The van der Waals surface area contributed by atoms with E-state index < -0.39 is 0 Å². The van der Waals surface area contributed by atoms with Crippen LogP contribution < -0.4 is 4.90 Å². The van der Waals surface area contributed by atoms with E-state index in [1.54, 1.807) is 0 Å². The first kappa shape index (κ1) is 14.9. The second-order valence-corrected chi connectivity index (χ2v) is 5.72. The number of hydrogen-bond acceptors (Lipinski definition) is 5. The topological polar surface area (TPSA) is 45.2 Å². The molecule has 1 aliphatic rings. The smallest absolute Gasteiger partial charge is 0.225 e. The molecule has 0 unspecified atom stereocenters. The molecule has 3 rings (SSSR count). The lowest BCUT2D eigenvalue weighted by atomic mass is 10.2. The van der Waals surface area contributed by atoms with E-state index in [0.29, 0.717) is 0 Å². The van der Waals surface area contributed by atoms with Crippen LogP contribution in [0.1, 0.15) is 24.5 Å². The molecule has 22 heavy (non-hydrogen) atoms. The van der Waals surface area contributed by atoms with E-state index >= 15 is 0 Å². The molecule has 0 aliphatic carbocycles. The molecular weight excluding hydrogens is 274 g/mol. The van der Waals surface area contributed by atoms with Gasteiger partial charge in [0.1, 0.15) is 0 Å². The van der Waals surface area contributed by atoms with Crippen LogP contribution >= 0.6 is 0 Å². The third-order valence-electron chi connectivity index (χ3n) is 4.10. The standard InChI is InChI=1S/C17H23N5/c1-2-15-12-19-17(20-13-15)22-8-4-7-21(9-10-22)14-16-5-3-6-18-11-16/h3,5-6,11-13H,2,4,7-10,14H2,1H3. The van der Waals surface area contributed by atoms with Crippen molar-refractivity contribution < 1.29 is 0 Å². The van der Waals surface area contributed by atoms with Gasteiger partial charge in [-0.1, -0.05) is 13.0 Å². The van der Waals surface area contributed by atoms with E-state index in [1.807, 2.05) is 30.9 Å². The summed E-state index contributed by atoms with van der Waals surface area (Å²) in [4.78, 5) is 18.0. The van der Waals surface area contributed by atoms with Crippen LogP contribution in [-0.4, -0.2) is 46.0 Å². The maximum atomic E-state index is 4.51. The molecule has 0 spiro atoms. The van der Waals surface area contributed by atoms with Crippen molar-refractivity contribution in [1.29, 1.82) is 0 Å². The molecule has 1 saturated heterocycles. The van der Waals surface area contributed by atoms with Crippen molar-refractivity contribution in [2.45, 2.75) is 26.3 Å². The molecule has 5 heteroatoms. The fourth-order valence-corrected chi connectivity index (χ4v) is 2.77. The number of aryl methyl sites for hydroxylation is 1. The van der Waals surface area contributed by atoms with Crippen LogP contribution in [-0.2, 0) is 13.0 Å². The number of pyridine rings is 1. The number of nitrogens with zero attached hydrogens (tertiary/aromatic N) is 5. The molecule has 116 valence electrons. The summed E-state index contributed by atoms with van der Waals surface area (Å²) >= 11 is 0. The van der Waals surface area contributed by atoms with Gasteiger partial charge in [0.25, 0.3) is 0 Å². The lowest BCUT2D eigenvalue weighted by Gasteiger charge is -2.21. The SMILES string of the molecule is CCc1cnc(N2CCCN(Cc3cccnc3)CC2)nc1. The Kier molecular flexibility index (Phi) is 4.96. The molecule has 0 aromatic carbocycles. The largest absolute Gasteiger partial charge is 0.339 e. The van der Waals surface area contributed by atoms with E-state index in [1.165, 1.54) is 11.1 Å². The Bertz CT molecular complexity index is 569. The molecule has 2 aromatic rings. The van der Waals surface area contributed by atoms with Crippen molar-refractivity contribution in [3.8, 4) is 0 Å². The predicted molar refractivity (Wildman–Crippen MR) is 87.8 cm³/mol. The molecule has 1 aliphatic heterocycles. The normalized spacial score (nSPS) is 16.5. The van der Waals surface area contributed by atoms with Crippen molar-refractivity contribution in [2.24, 2.45) is 0 Å². The first-order valence-electron chi connectivity index (χ1n) is 8.02. The van der Waals surface area contributed by atoms with Gasteiger partial charge in [-0.3, -0.25) is 9.88 Å². The first-order valence-corrected chi connectivity index (χ1v) is 8.02. The van der Waals surface area contributed by atoms with Crippen LogP contribution in [0.25, 0.3) is 0 Å². The summed E-state index contributed by atoms with van der Waals surface area (Å²) in [6, 6.07) is 4.14. The average Bonchev–Trinajstić information content (AvgIpc) is 2.82. The highest BCUT2D eigenvalue weighted by Crippen LogP contribution is 2.13. The molecule has 0 N–H and O–H groups in total. The molecule has 0 bridgehead atoms. The van der Waals surface area contributed by atoms with Crippen molar-refractivity contribution in [2.75, 3.05) is 31.1 Å². The highest BCUT2D eigenvalue weighted by Gasteiger charge is 2.17. The van der Waals surface area contributed by atoms with Crippen molar-refractivity contribution in [3.05, 3.63) is 48.0 Å². The van der Waals surface area contributed by atoms with Gasteiger partial charge in [-0.2, -0.15) is 0 Å². The van der Waals surface area contributed by atoms with Crippen LogP contribution in [0.15, 0.2) is 36.9 Å². The second-order valence-electron chi connectivity index (χ2n) is 5.72. The summed E-state index contributed by atoms with van der Waals surface area (Å²) in [6.07, 6.45) is 9.79. The van der Waals surface area contributed by atoms with Gasteiger partial charge in [0, 0.05) is 57.5 Å². The highest BCUT2D eigenvalue weighted by atomic mass is 15.3. The molecular formula is C17H23N5. The number of hydrogen-bond donors (Lipinski definition) is 0. The summed E-state index contributed by atoms with van der Waals surface area (Å²) in [6.45, 7) is 7.24. The van der Waals surface area contributed by atoms with Gasteiger partial charge in [-0.05, 0) is 30.0 Å². The van der Waals surface area contributed by atoms with E-state index in [4.69, 9.17) is 0 Å². The summed E-state index contributed by atoms with van der Waals surface area (Å²) in [5, 5.41) is 0. The van der Waals surface area contributed by atoms with Gasteiger partial charge in [-0.25, -0.2) is 9.97 Å². The number of anilines is 1. The van der Waals surface area contributed by atoms with Gasteiger partial charge in [0.05, 0.1) is 0 Å². The quantitative estimate of drug-likeness (QED) is 0.865. The third kappa shape index (κ3) is 3.80. The Morgan fingerprint density at radius 1 is 1.00 bits per heavy atom. The Morgan fingerprint density at radius 2 is 1.86 bits per heavy atom. The summed E-state index contributed by atoms with van der Waals surface area (Å²) < 4.78 is 0. The molecule has 0 radical (unpaired) electrons. The first-order chi connectivity index (χ1) is 10.8. The minimum atomic E-state index is 0.862. The Hall–Kier alpha value is -2.01. The molecule has 3 heterocycles. The van der Waals surface area contributed by atoms with Crippen molar-refractivity contribution >= 4 is 5.95 Å². The highest BCUT2D eigenvalue weighted by molar-refractivity contribution is 5.30. The molecule has 0 saturated carbocycles. The number of rotatable bonds is 4. The van der Waals surface area contributed by atoms with Crippen molar-refractivity contribution in [3.63, 3.8) is 0 Å². The monoisotopic (exact) mass is 297 g/mol. The fraction of sp³-hybridized carbons (Fsp3) is 0.471. The summed E-state index contributed by atoms with van der Waals surface area (Å²) in [5.74, 6) is 0.862. The van der Waals surface area contributed by atoms with Crippen LogP contribution in [0.4, 0.5) is 5.95 Å². The number of aromatic nitrogens is 3. The third-order valence-corrected chi connectivity index (χ3v) is 4.10. The Balaban J connectivity index is 1.59. The lowest BCUT2D eigenvalue weighted by molar-refractivity contribution is 0.285. The zero-order valence-electron chi connectivity index (χ0n) is 13.1. The van der Waals surface area contributed by atoms with E-state index in [2.05, 4.69) is 37.7 Å². The average molecular weight is 297 g/mol. The zero-order valence-corrected chi connectivity index (χ0v) is 13.1. The van der Waals surface area contributed by atoms with Crippen LogP contribution in [0.5, 0.6) is 0 Å². The van der Waals surface area contributed by atoms with Gasteiger partial charge in [0.15, 0.2) is 0 Å². The minimum Gasteiger partial charge on any atom is -0.339 e. The molecule has 0 atom stereocenters. The fourth-order valence-electron chi connectivity index (χ4n) is 2.77.